The number of aryl methyl sites for hydroxylation is 1. The number of rotatable bonds is 3. The summed E-state index contributed by atoms with van der Waals surface area (Å²) in [7, 11) is -1.64. The van der Waals surface area contributed by atoms with E-state index in [9.17, 15) is 8.42 Å². The molecular formula is C22H27N3O4S. The molecule has 8 heteroatoms. The Morgan fingerprint density at radius 1 is 1.03 bits per heavy atom. The predicted molar refractivity (Wildman–Crippen MR) is 118 cm³/mol. The van der Waals surface area contributed by atoms with E-state index < -0.39 is 15.3 Å². The van der Waals surface area contributed by atoms with Gasteiger partial charge >= 0.3 is 0 Å². The van der Waals surface area contributed by atoms with Gasteiger partial charge in [0.25, 0.3) is 0 Å². The molecular weight excluding hydrogens is 402 g/mol. The fourth-order valence-corrected chi connectivity index (χ4v) is 4.95. The minimum atomic E-state index is -3.26. The van der Waals surface area contributed by atoms with Crippen molar-refractivity contribution in [2.45, 2.75) is 26.0 Å². The van der Waals surface area contributed by atoms with Crippen LogP contribution in [0.2, 0.25) is 0 Å². The van der Waals surface area contributed by atoms with Crippen molar-refractivity contribution in [3.63, 3.8) is 0 Å². The number of aliphatic imine (C=N–C) groups is 1. The third kappa shape index (κ3) is 3.77. The zero-order chi connectivity index (χ0) is 21.5. The molecule has 4 rings (SSSR count). The van der Waals surface area contributed by atoms with Gasteiger partial charge in [-0.05, 0) is 56.7 Å². The number of benzene rings is 2. The Labute approximate surface area is 178 Å². The minimum Gasteiger partial charge on any atom is -0.497 e. The number of nitrogens with zero attached hydrogens (tertiary/aromatic N) is 3. The van der Waals surface area contributed by atoms with Gasteiger partial charge in [-0.25, -0.2) is 13.4 Å². The normalized spacial score (nSPS) is 17.0. The molecule has 0 aliphatic carbocycles. The summed E-state index contributed by atoms with van der Waals surface area (Å²) in [5.41, 5.74) is 2.68. The van der Waals surface area contributed by atoms with Crippen LogP contribution in [-0.2, 0) is 10.0 Å². The lowest BCUT2D eigenvalue weighted by molar-refractivity contribution is 0.265. The molecule has 0 spiro atoms. The Morgan fingerprint density at radius 3 is 2.43 bits per heavy atom. The Kier molecular flexibility index (Phi) is 5.46. The fraction of sp³-hybridized carbons (Fsp3) is 0.409. The maximum atomic E-state index is 12.5. The first kappa shape index (κ1) is 20.7. The van der Waals surface area contributed by atoms with E-state index in [2.05, 4.69) is 4.90 Å². The quantitative estimate of drug-likeness (QED) is 0.746. The number of methoxy groups -OCH3 is 1. The van der Waals surface area contributed by atoms with Gasteiger partial charge in [0.1, 0.15) is 23.0 Å². The predicted octanol–water partition coefficient (Wildman–Crippen LogP) is 3.54. The molecule has 1 fully saturated rings. The molecule has 0 unspecified atom stereocenters. The van der Waals surface area contributed by atoms with E-state index in [4.69, 9.17) is 14.5 Å². The first-order valence-electron chi connectivity index (χ1n) is 10.1. The second kappa shape index (κ2) is 7.92. The summed E-state index contributed by atoms with van der Waals surface area (Å²) in [6, 6.07) is 11.6. The van der Waals surface area contributed by atoms with Crippen LogP contribution >= 0.6 is 0 Å². The summed E-state index contributed by atoms with van der Waals surface area (Å²) in [5, 5.41) is -0.423. The molecule has 0 saturated carbocycles. The Hall–Kier alpha value is -2.58. The molecule has 1 saturated heterocycles. The molecule has 0 N–H and O–H groups in total. The number of piperazine rings is 1. The van der Waals surface area contributed by atoms with Gasteiger partial charge in [0, 0.05) is 26.2 Å². The van der Waals surface area contributed by atoms with Gasteiger partial charge in [-0.1, -0.05) is 6.07 Å². The second-order valence-corrected chi connectivity index (χ2v) is 10.3. The van der Waals surface area contributed by atoms with Gasteiger partial charge in [0.15, 0.2) is 5.75 Å². The molecule has 0 bridgehead atoms. The van der Waals surface area contributed by atoms with Crippen molar-refractivity contribution in [3.8, 4) is 17.2 Å². The van der Waals surface area contributed by atoms with Crippen molar-refractivity contribution in [1.82, 2.24) is 9.21 Å². The van der Waals surface area contributed by atoms with Crippen LogP contribution in [0.1, 0.15) is 25.0 Å². The molecule has 0 aromatic heterocycles. The number of hydrogen-bond donors (Lipinski definition) is 0. The van der Waals surface area contributed by atoms with E-state index >= 15 is 0 Å². The van der Waals surface area contributed by atoms with Crippen molar-refractivity contribution >= 4 is 21.5 Å². The number of amidine groups is 1. The van der Waals surface area contributed by atoms with Crippen LogP contribution in [-0.4, -0.2) is 62.0 Å². The van der Waals surface area contributed by atoms with Gasteiger partial charge in [-0.3, -0.25) is 0 Å². The highest BCUT2D eigenvalue weighted by atomic mass is 32.2. The van der Waals surface area contributed by atoms with E-state index in [1.54, 1.807) is 25.3 Å². The smallest absolute Gasteiger partial charge is 0.216 e. The van der Waals surface area contributed by atoms with Gasteiger partial charge in [0.05, 0.1) is 17.9 Å². The van der Waals surface area contributed by atoms with Crippen molar-refractivity contribution in [2.24, 2.45) is 4.99 Å². The summed E-state index contributed by atoms with van der Waals surface area (Å²) in [4.78, 5) is 7.06. The van der Waals surface area contributed by atoms with E-state index in [0.717, 1.165) is 22.6 Å². The third-order valence-electron chi connectivity index (χ3n) is 5.48. The average molecular weight is 430 g/mol. The van der Waals surface area contributed by atoms with E-state index in [0.29, 0.717) is 43.4 Å². The standard InChI is InChI=1S/C22H27N3O4S/c1-15(2)30(26,27)25-11-9-24(10-12-25)22-18-14-17(28-4)6-8-20(18)29-21-13-16(3)5-7-19(21)23-22/h5-8,13-15H,9-12H2,1-4H3. The van der Waals surface area contributed by atoms with Crippen molar-refractivity contribution in [1.29, 1.82) is 0 Å². The lowest BCUT2D eigenvalue weighted by Gasteiger charge is -2.36. The van der Waals surface area contributed by atoms with Gasteiger partial charge in [-0.15, -0.1) is 0 Å². The van der Waals surface area contributed by atoms with Crippen molar-refractivity contribution in [2.75, 3.05) is 33.3 Å². The van der Waals surface area contributed by atoms with Crippen LogP contribution in [0, 0.1) is 6.92 Å². The molecule has 0 radical (unpaired) electrons. The molecule has 2 aromatic carbocycles. The third-order valence-corrected chi connectivity index (χ3v) is 7.76. The molecule has 2 aliphatic rings. The maximum absolute atomic E-state index is 12.5. The van der Waals surface area contributed by atoms with Crippen LogP contribution in [0.25, 0.3) is 0 Å². The summed E-state index contributed by atoms with van der Waals surface area (Å²) >= 11 is 0. The van der Waals surface area contributed by atoms with Crippen LogP contribution < -0.4 is 9.47 Å². The molecule has 160 valence electrons. The highest BCUT2D eigenvalue weighted by Crippen LogP contribution is 2.40. The minimum absolute atomic E-state index is 0.423. The van der Waals surface area contributed by atoms with E-state index in [1.807, 2.05) is 43.3 Å². The van der Waals surface area contributed by atoms with E-state index in [-0.39, 0.29) is 0 Å². The largest absolute Gasteiger partial charge is 0.497 e. The van der Waals surface area contributed by atoms with Crippen LogP contribution in [0.3, 0.4) is 0 Å². The van der Waals surface area contributed by atoms with Gasteiger partial charge in [0.2, 0.25) is 10.0 Å². The van der Waals surface area contributed by atoms with Crippen molar-refractivity contribution in [3.05, 3.63) is 47.5 Å². The zero-order valence-electron chi connectivity index (χ0n) is 17.8. The number of sulfonamides is 1. The van der Waals surface area contributed by atoms with Crippen LogP contribution in [0.4, 0.5) is 5.69 Å². The molecule has 30 heavy (non-hydrogen) atoms. The Balaban J connectivity index is 1.72. The van der Waals surface area contributed by atoms with Crippen molar-refractivity contribution < 1.29 is 17.9 Å². The first-order chi connectivity index (χ1) is 14.3. The summed E-state index contributed by atoms with van der Waals surface area (Å²) in [6.45, 7) is 7.43. The monoisotopic (exact) mass is 429 g/mol. The molecule has 2 heterocycles. The average Bonchev–Trinajstić information content (AvgIpc) is 2.89. The fourth-order valence-electron chi connectivity index (χ4n) is 3.68. The van der Waals surface area contributed by atoms with Crippen LogP contribution in [0.15, 0.2) is 41.4 Å². The number of hydrogen-bond acceptors (Lipinski definition) is 6. The van der Waals surface area contributed by atoms with Crippen LogP contribution in [0.5, 0.6) is 17.2 Å². The lowest BCUT2D eigenvalue weighted by atomic mass is 10.1. The molecule has 2 aromatic rings. The molecule has 2 aliphatic heterocycles. The van der Waals surface area contributed by atoms with E-state index in [1.165, 1.54) is 0 Å². The zero-order valence-corrected chi connectivity index (χ0v) is 18.6. The topological polar surface area (TPSA) is 71.4 Å². The molecule has 0 amide bonds. The SMILES string of the molecule is COc1ccc2c(c1)C(N1CCN(S(=O)(=O)C(C)C)CC1)=Nc1ccc(C)cc1O2. The maximum Gasteiger partial charge on any atom is 0.216 e. The highest BCUT2D eigenvalue weighted by molar-refractivity contribution is 7.89. The molecule has 7 nitrogen and oxygen atoms in total. The first-order valence-corrected chi connectivity index (χ1v) is 11.6. The number of fused-ring (bicyclic) bond motifs is 2. The highest BCUT2D eigenvalue weighted by Gasteiger charge is 2.32. The Morgan fingerprint density at radius 2 is 1.77 bits per heavy atom. The number of ether oxygens (including phenoxy) is 2. The summed E-state index contributed by atoms with van der Waals surface area (Å²) in [5.74, 6) is 2.90. The van der Waals surface area contributed by atoms with Gasteiger partial charge in [-0.2, -0.15) is 4.31 Å². The van der Waals surface area contributed by atoms with Gasteiger partial charge < -0.3 is 14.4 Å². The lowest BCUT2D eigenvalue weighted by Crippen LogP contribution is -2.52. The Bertz CT molecular complexity index is 1090. The summed E-state index contributed by atoms with van der Waals surface area (Å²) < 4.78 is 38.3. The summed E-state index contributed by atoms with van der Waals surface area (Å²) in [6.07, 6.45) is 0. The second-order valence-electron chi connectivity index (χ2n) is 7.85. The molecule has 0 atom stereocenters.